The van der Waals surface area contributed by atoms with Gasteiger partial charge in [-0.15, -0.1) is 0 Å². The second-order valence-electron chi connectivity index (χ2n) is 8.98. The summed E-state index contributed by atoms with van der Waals surface area (Å²) in [6, 6.07) is 23.0. The normalized spacial score (nSPS) is 16.0. The maximum Gasteiger partial charge on any atom is 0.309 e. The summed E-state index contributed by atoms with van der Waals surface area (Å²) in [5.74, 6) is 1.16. The van der Waals surface area contributed by atoms with E-state index in [4.69, 9.17) is 9.47 Å². The van der Waals surface area contributed by atoms with Crippen molar-refractivity contribution in [3.63, 3.8) is 0 Å². The summed E-state index contributed by atoms with van der Waals surface area (Å²) in [5.41, 5.74) is 5.40. The van der Waals surface area contributed by atoms with Gasteiger partial charge in [0.15, 0.2) is 0 Å². The Morgan fingerprint density at radius 3 is 2.34 bits per heavy atom. The van der Waals surface area contributed by atoms with Crippen molar-refractivity contribution in [3.8, 4) is 22.6 Å². The first-order valence-electron chi connectivity index (χ1n) is 11.4. The third kappa shape index (κ3) is 4.22. The molecule has 0 amide bonds. The van der Waals surface area contributed by atoms with Crippen molar-refractivity contribution in [2.75, 3.05) is 13.2 Å². The van der Waals surface area contributed by atoms with Crippen molar-refractivity contribution in [1.82, 2.24) is 0 Å². The van der Waals surface area contributed by atoms with Gasteiger partial charge in [-0.25, -0.2) is 0 Å². The number of carboxylic acids is 1. The summed E-state index contributed by atoms with van der Waals surface area (Å²) in [5, 5.41) is 9.51. The SMILES string of the molecule is O=C(O)C1(Cc2ccc(OCCc3ccc(-c4ccc5c(c4)OCC5)cc3)cc2)CCC1. The van der Waals surface area contributed by atoms with Crippen molar-refractivity contribution in [2.45, 2.75) is 38.5 Å². The number of ether oxygens (including phenoxy) is 2. The van der Waals surface area contributed by atoms with E-state index < -0.39 is 11.4 Å². The molecule has 1 aliphatic heterocycles. The molecule has 1 fully saturated rings. The van der Waals surface area contributed by atoms with Crippen LogP contribution in [0.2, 0.25) is 0 Å². The maximum absolute atomic E-state index is 11.6. The molecule has 1 saturated carbocycles. The minimum atomic E-state index is -0.667. The Balaban J connectivity index is 1.13. The molecule has 164 valence electrons. The monoisotopic (exact) mass is 428 g/mol. The van der Waals surface area contributed by atoms with E-state index in [0.29, 0.717) is 13.0 Å². The van der Waals surface area contributed by atoms with Crippen LogP contribution in [0.1, 0.15) is 36.0 Å². The Labute approximate surface area is 188 Å². The van der Waals surface area contributed by atoms with Crippen LogP contribution in [0, 0.1) is 5.41 Å². The smallest absolute Gasteiger partial charge is 0.309 e. The van der Waals surface area contributed by atoms with Crippen LogP contribution in [0.4, 0.5) is 0 Å². The molecule has 1 N–H and O–H groups in total. The zero-order chi connectivity index (χ0) is 22.0. The van der Waals surface area contributed by atoms with E-state index in [2.05, 4.69) is 42.5 Å². The van der Waals surface area contributed by atoms with Crippen LogP contribution >= 0.6 is 0 Å². The quantitative estimate of drug-likeness (QED) is 0.499. The molecule has 1 aliphatic carbocycles. The number of carboxylic acid groups (broad SMARTS) is 1. The molecule has 3 aromatic carbocycles. The average molecular weight is 429 g/mol. The molecule has 4 nitrogen and oxygen atoms in total. The standard InChI is InChI=1S/C28H28O4/c29-27(30)28(14-1-15-28)19-21-4-10-25(11-5-21)31-16-12-20-2-6-22(7-3-20)24-9-8-23-13-17-32-26(23)18-24/h2-11,18H,1,12-17,19H2,(H,29,30). The number of aliphatic carboxylic acids is 1. The molecule has 0 aromatic heterocycles. The van der Waals surface area contributed by atoms with Gasteiger partial charge in [0, 0.05) is 12.8 Å². The van der Waals surface area contributed by atoms with Crippen LogP contribution in [-0.2, 0) is 24.1 Å². The van der Waals surface area contributed by atoms with Crippen molar-refractivity contribution in [2.24, 2.45) is 5.41 Å². The molecule has 32 heavy (non-hydrogen) atoms. The van der Waals surface area contributed by atoms with Gasteiger partial charge in [0.1, 0.15) is 11.5 Å². The largest absolute Gasteiger partial charge is 0.493 e. The van der Waals surface area contributed by atoms with E-state index >= 15 is 0 Å². The molecule has 4 heteroatoms. The molecule has 0 saturated heterocycles. The van der Waals surface area contributed by atoms with Crippen LogP contribution in [0.5, 0.6) is 11.5 Å². The van der Waals surface area contributed by atoms with E-state index in [-0.39, 0.29) is 0 Å². The molecule has 1 heterocycles. The van der Waals surface area contributed by atoms with E-state index in [0.717, 1.165) is 55.8 Å². The van der Waals surface area contributed by atoms with Crippen LogP contribution in [-0.4, -0.2) is 24.3 Å². The third-order valence-electron chi connectivity index (χ3n) is 6.87. The lowest BCUT2D eigenvalue weighted by Crippen LogP contribution is -2.39. The molecular formula is C28H28O4. The summed E-state index contributed by atoms with van der Waals surface area (Å²) >= 11 is 0. The van der Waals surface area contributed by atoms with Gasteiger partial charge in [-0.05, 0) is 65.3 Å². The summed E-state index contributed by atoms with van der Waals surface area (Å²) in [4.78, 5) is 11.6. The Bertz CT molecular complexity index is 1100. The van der Waals surface area contributed by atoms with Gasteiger partial charge in [-0.1, -0.05) is 55.0 Å². The molecule has 0 bridgehead atoms. The van der Waals surface area contributed by atoms with E-state index in [1.165, 1.54) is 22.3 Å². The first kappa shape index (κ1) is 20.6. The highest BCUT2D eigenvalue weighted by atomic mass is 16.5. The zero-order valence-corrected chi connectivity index (χ0v) is 18.2. The van der Waals surface area contributed by atoms with Gasteiger partial charge < -0.3 is 14.6 Å². The second kappa shape index (κ2) is 8.70. The van der Waals surface area contributed by atoms with Crippen molar-refractivity contribution in [1.29, 1.82) is 0 Å². The van der Waals surface area contributed by atoms with Gasteiger partial charge in [0.25, 0.3) is 0 Å². The Kier molecular flexibility index (Phi) is 5.60. The zero-order valence-electron chi connectivity index (χ0n) is 18.2. The van der Waals surface area contributed by atoms with Crippen molar-refractivity contribution < 1.29 is 19.4 Å². The Hall–Kier alpha value is -3.27. The average Bonchev–Trinajstić information content (AvgIpc) is 3.25. The highest BCUT2D eigenvalue weighted by Crippen LogP contribution is 2.44. The van der Waals surface area contributed by atoms with Crippen molar-refractivity contribution in [3.05, 3.63) is 83.4 Å². The van der Waals surface area contributed by atoms with Gasteiger partial charge >= 0.3 is 5.97 Å². The predicted molar refractivity (Wildman–Crippen MR) is 124 cm³/mol. The summed E-state index contributed by atoms with van der Waals surface area (Å²) < 4.78 is 11.6. The molecule has 0 radical (unpaired) electrons. The highest BCUT2D eigenvalue weighted by Gasteiger charge is 2.44. The summed E-state index contributed by atoms with van der Waals surface area (Å²) in [6.45, 7) is 1.38. The minimum Gasteiger partial charge on any atom is -0.493 e. The number of carbonyl (C=O) groups is 1. The molecule has 0 unspecified atom stereocenters. The summed E-state index contributed by atoms with van der Waals surface area (Å²) in [7, 11) is 0. The fraction of sp³-hybridized carbons (Fsp3) is 0.321. The molecular weight excluding hydrogens is 400 g/mol. The second-order valence-corrected chi connectivity index (χ2v) is 8.98. The first-order valence-corrected chi connectivity index (χ1v) is 11.4. The molecule has 0 atom stereocenters. The Morgan fingerprint density at radius 2 is 1.66 bits per heavy atom. The number of hydrogen-bond donors (Lipinski definition) is 1. The number of fused-ring (bicyclic) bond motifs is 1. The van der Waals surface area contributed by atoms with Gasteiger partial charge in [-0.3, -0.25) is 4.79 Å². The van der Waals surface area contributed by atoms with Crippen molar-refractivity contribution >= 4 is 5.97 Å². The summed E-state index contributed by atoms with van der Waals surface area (Å²) in [6.07, 6.45) is 5.00. The fourth-order valence-electron chi connectivity index (χ4n) is 4.66. The molecule has 5 rings (SSSR count). The third-order valence-corrected chi connectivity index (χ3v) is 6.87. The van der Waals surface area contributed by atoms with Crippen LogP contribution in [0.15, 0.2) is 66.7 Å². The van der Waals surface area contributed by atoms with Crippen LogP contribution in [0.25, 0.3) is 11.1 Å². The van der Waals surface area contributed by atoms with Gasteiger partial charge in [0.05, 0.1) is 18.6 Å². The van der Waals surface area contributed by atoms with E-state index in [1.807, 2.05) is 24.3 Å². The topological polar surface area (TPSA) is 55.8 Å². The predicted octanol–water partition coefficient (Wildman–Crippen LogP) is 5.71. The highest BCUT2D eigenvalue weighted by molar-refractivity contribution is 5.76. The molecule has 3 aromatic rings. The van der Waals surface area contributed by atoms with Gasteiger partial charge in [0.2, 0.25) is 0 Å². The lowest BCUT2D eigenvalue weighted by Gasteiger charge is -2.37. The maximum atomic E-state index is 11.6. The number of benzene rings is 3. The van der Waals surface area contributed by atoms with Gasteiger partial charge in [-0.2, -0.15) is 0 Å². The minimum absolute atomic E-state index is 0.554. The van der Waals surface area contributed by atoms with E-state index in [9.17, 15) is 9.90 Å². The van der Waals surface area contributed by atoms with Crippen LogP contribution in [0.3, 0.4) is 0 Å². The Morgan fingerprint density at radius 1 is 0.938 bits per heavy atom. The molecule has 2 aliphatic rings. The number of rotatable bonds is 8. The molecule has 0 spiro atoms. The van der Waals surface area contributed by atoms with E-state index in [1.54, 1.807) is 0 Å². The first-order chi connectivity index (χ1) is 15.6. The van der Waals surface area contributed by atoms with Crippen LogP contribution < -0.4 is 9.47 Å². The fourth-order valence-corrected chi connectivity index (χ4v) is 4.66. The number of hydrogen-bond acceptors (Lipinski definition) is 3. The lowest BCUT2D eigenvalue weighted by molar-refractivity contribution is -0.154. The lowest BCUT2D eigenvalue weighted by atomic mass is 9.65.